The molecular formula is C17H24N2S. The zero-order chi connectivity index (χ0) is 14.2. The zero-order valence-electron chi connectivity index (χ0n) is 12.4. The quantitative estimate of drug-likeness (QED) is 0.746. The monoisotopic (exact) mass is 288 g/mol. The molecule has 1 N–H and O–H groups in total. The second-order valence-corrected chi connectivity index (χ2v) is 6.63. The van der Waals surface area contributed by atoms with E-state index in [-0.39, 0.29) is 0 Å². The van der Waals surface area contributed by atoms with E-state index in [1.165, 1.54) is 21.9 Å². The minimum Gasteiger partial charge on any atom is -0.316 e. The van der Waals surface area contributed by atoms with E-state index in [0.29, 0.717) is 5.92 Å². The van der Waals surface area contributed by atoms with E-state index in [9.17, 15) is 0 Å². The third-order valence-electron chi connectivity index (χ3n) is 3.39. The van der Waals surface area contributed by atoms with Gasteiger partial charge in [0.15, 0.2) is 0 Å². The Bertz CT molecular complexity index is 493. The lowest BCUT2D eigenvalue weighted by Gasteiger charge is -2.17. The van der Waals surface area contributed by atoms with Crippen LogP contribution in [0.3, 0.4) is 0 Å². The van der Waals surface area contributed by atoms with Crippen LogP contribution in [0.25, 0.3) is 0 Å². The average molecular weight is 288 g/mol. The minimum atomic E-state index is 0.642. The highest BCUT2D eigenvalue weighted by molar-refractivity contribution is 7.11. The van der Waals surface area contributed by atoms with Crippen LogP contribution in [0, 0.1) is 12.8 Å². The van der Waals surface area contributed by atoms with E-state index in [1.807, 2.05) is 17.5 Å². The standard InChI is InChI=1S/C17H24N2S/c1-3-9-18-12-16(10-15-7-5-4-6-8-15)11-17-13-19-14(2)20-17/h4-8,13,16,18H,3,9-12H2,1-2H3. The zero-order valence-corrected chi connectivity index (χ0v) is 13.2. The minimum absolute atomic E-state index is 0.642. The normalized spacial score (nSPS) is 12.5. The van der Waals surface area contributed by atoms with Gasteiger partial charge in [-0.3, -0.25) is 0 Å². The Hall–Kier alpha value is -1.19. The molecule has 0 saturated heterocycles. The molecule has 0 aliphatic carbocycles. The first-order valence-corrected chi connectivity index (χ1v) is 8.25. The van der Waals surface area contributed by atoms with Crippen LogP contribution in [0.5, 0.6) is 0 Å². The van der Waals surface area contributed by atoms with Crippen molar-refractivity contribution < 1.29 is 0 Å². The summed E-state index contributed by atoms with van der Waals surface area (Å²) in [6.07, 6.45) is 5.49. The van der Waals surface area contributed by atoms with Gasteiger partial charge >= 0.3 is 0 Å². The molecule has 108 valence electrons. The van der Waals surface area contributed by atoms with E-state index in [0.717, 1.165) is 25.9 Å². The Balaban J connectivity index is 1.96. The summed E-state index contributed by atoms with van der Waals surface area (Å²) < 4.78 is 0. The van der Waals surface area contributed by atoms with E-state index < -0.39 is 0 Å². The number of hydrogen-bond acceptors (Lipinski definition) is 3. The summed E-state index contributed by atoms with van der Waals surface area (Å²) in [6.45, 7) is 6.48. The van der Waals surface area contributed by atoms with Gasteiger partial charge in [0, 0.05) is 11.1 Å². The maximum atomic E-state index is 4.37. The average Bonchev–Trinajstić information content (AvgIpc) is 2.85. The first-order valence-electron chi connectivity index (χ1n) is 7.44. The van der Waals surface area contributed by atoms with Gasteiger partial charge in [0.05, 0.1) is 5.01 Å². The third kappa shape index (κ3) is 5.06. The highest BCUT2D eigenvalue weighted by Gasteiger charge is 2.12. The molecule has 0 saturated carbocycles. The molecule has 1 heterocycles. The van der Waals surface area contributed by atoms with E-state index in [4.69, 9.17) is 0 Å². The Morgan fingerprint density at radius 2 is 2.00 bits per heavy atom. The summed E-state index contributed by atoms with van der Waals surface area (Å²) in [5.74, 6) is 0.642. The van der Waals surface area contributed by atoms with Crippen LogP contribution in [0.2, 0.25) is 0 Å². The Labute approximate surface area is 126 Å². The lowest BCUT2D eigenvalue weighted by atomic mass is 9.95. The highest BCUT2D eigenvalue weighted by atomic mass is 32.1. The lowest BCUT2D eigenvalue weighted by molar-refractivity contribution is 0.473. The molecule has 0 radical (unpaired) electrons. The molecule has 2 rings (SSSR count). The largest absolute Gasteiger partial charge is 0.316 e. The van der Waals surface area contributed by atoms with Gasteiger partial charge in [-0.15, -0.1) is 11.3 Å². The van der Waals surface area contributed by atoms with Gasteiger partial charge < -0.3 is 5.32 Å². The summed E-state index contributed by atoms with van der Waals surface area (Å²) in [5.41, 5.74) is 1.43. The molecule has 0 amide bonds. The Morgan fingerprint density at radius 1 is 1.20 bits per heavy atom. The molecule has 0 spiro atoms. The van der Waals surface area contributed by atoms with Gasteiger partial charge in [-0.05, 0) is 50.8 Å². The molecule has 20 heavy (non-hydrogen) atoms. The van der Waals surface area contributed by atoms with Crippen molar-refractivity contribution in [2.45, 2.75) is 33.1 Å². The number of thiazole rings is 1. The molecule has 1 atom stereocenters. The van der Waals surface area contributed by atoms with Gasteiger partial charge in [-0.25, -0.2) is 4.98 Å². The molecule has 1 unspecified atom stereocenters. The molecular weight excluding hydrogens is 264 g/mol. The highest BCUT2D eigenvalue weighted by Crippen LogP contribution is 2.19. The van der Waals surface area contributed by atoms with Crippen LogP contribution < -0.4 is 5.32 Å². The summed E-state index contributed by atoms with van der Waals surface area (Å²) in [4.78, 5) is 5.78. The molecule has 0 fully saturated rings. The number of rotatable bonds is 8. The molecule has 1 aromatic heterocycles. The smallest absolute Gasteiger partial charge is 0.0896 e. The number of benzene rings is 1. The van der Waals surface area contributed by atoms with Crippen molar-refractivity contribution in [3.63, 3.8) is 0 Å². The van der Waals surface area contributed by atoms with Crippen molar-refractivity contribution in [3.8, 4) is 0 Å². The fourth-order valence-corrected chi connectivity index (χ4v) is 3.34. The molecule has 2 aromatic rings. The van der Waals surface area contributed by atoms with Crippen molar-refractivity contribution >= 4 is 11.3 Å². The topological polar surface area (TPSA) is 24.9 Å². The van der Waals surface area contributed by atoms with E-state index >= 15 is 0 Å². The van der Waals surface area contributed by atoms with Crippen LogP contribution in [-0.4, -0.2) is 18.1 Å². The SMILES string of the molecule is CCCNCC(Cc1ccccc1)Cc1cnc(C)s1. The second kappa shape index (κ2) is 8.18. The van der Waals surface area contributed by atoms with Crippen LogP contribution in [0.1, 0.15) is 28.8 Å². The van der Waals surface area contributed by atoms with Crippen LogP contribution >= 0.6 is 11.3 Å². The van der Waals surface area contributed by atoms with Crippen molar-refractivity contribution in [2.75, 3.05) is 13.1 Å². The number of nitrogens with zero attached hydrogens (tertiary/aromatic N) is 1. The summed E-state index contributed by atoms with van der Waals surface area (Å²) in [5, 5.41) is 4.73. The maximum Gasteiger partial charge on any atom is 0.0896 e. The first kappa shape index (κ1) is 15.2. The molecule has 0 aliphatic rings. The van der Waals surface area contributed by atoms with E-state index in [2.05, 4.69) is 54.5 Å². The molecule has 0 aliphatic heterocycles. The molecule has 2 nitrogen and oxygen atoms in total. The number of aromatic nitrogens is 1. The molecule has 0 bridgehead atoms. The van der Waals surface area contributed by atoms with Crippen molar-refractivity contribution in [3.05, 3.63) is 52.0 Å². The van der Waals surface area contributed by atoms with Crippen LogP contribution in [-0.2, 0) is 12.8 Å². The second-order valence-electron chi connectivity index (χ2n) is 5.31. The third-order valence-corrected chi connectivity index (χ3v) is 4.32. The maximum absolute atomic E-state index is 4.37. The van der Waals surface area contributed by atoms with Gasteiger partial charge in [0.25, 0.3) is 0 Å². The molecule has 3 heteroatoms. The number of aryl methyl sites for hydroxylation is 1. The fraction of sp³-hybridized carbons (Fsp3) is 0.471. The van der Waals surface area contributed by atoms with Gasteiger partial charge in [-0.1, -0.05) is 37.3 Å². The van der Waals surface area contributed by atoms with Crippen molar-refractivity contribution in [2.24, 2.45) is 5.92 Å². The Kier molecular flexibility index (Phi) is 6.22. The predicted molar refractivity (Wildman–Crippen MR) is 87.4 cm³/mol. The summed E-state index contributed by atoms with van der Waals surface area (Å²) >= 11 is 1.83. The summed E-state index contributed by atoms with van der Waals surface area (Å²) in [7, 11) is 0. The van der Waals surface area contributed by atoms with Crippen molar-refractivity contribution in [1.29, 1.82) is 0 Å². The lowest BCUT2D eigenvalue weighted by Crippen LogP contribution is -2.26. The number of hydrogen-bond donors (Lipinski definition) is 1. The van der Waals surface area contributed by atoms with Crippen LogP contribution in [0.4, 0.5) is 0 Å². The fourth-order valence-electron chi connectivity index (χ4n) is 2.43. The Morgan fingerprint density at radius 3 is 2.65 bits per heavy atom. The summed E-state index contributed by atoms with van der Waals surface area (Å²) in [6, 6.07) is 10.8. The van der Waals surface area contributed by atoms with Crippen LogP contribution in [0.15, 0.2) is 36.5 Å². The van der Waals surface area contributed by atoms with Gasteiger partial charge in [-0.2, -0.15) is 0 Å². The molecule has 1 aromatic carbocycles. The van der Waals surface area contributed by atoms with Gasteiger partial charge in [0.2, 0.25) is 0 Å². The predicted octanol–water partition coefficient (Wildman–Crippen LogP) is 3.85. The number of nitrogens with one attached hydrogen (secondary N) is 1. The first-order chi connectivity index (χ1) is 9.78. The van der Waals surface area contributed by atoms with Crippen molar-refractivity contribution in [1.82, 2.24) is 10.3 Å². The van der Waals surface area contributed by atoms with Gasteiger partial charge in [0.1, 0.15) is 0 Å². The van der Waals surface area contributed by atoms with E-state index in [1.54, 1.807) is 0 Å².